The van der Waals surface area contributed by atoms with E-state index in [1.165, 1.54) is 12.8 Å². The summed E-state index contributed by atoms with van der Waals surface area (Å²) in [5.41, 5.74) is 11.5. The van der Waals surface area contributed by atoms with E-state index < -0.39 is 0 Å². The molecule has 0 aliphatic carbocycles. The standard InChI is InChI=1S/C13H28N2O2/c1-13(10-14,11-15)7-3-5-9-17-12-6-2-4-8-16-12/h12H,2-11,14-15H2,1H3. The van der Waals surface area contributed by atoms with Crippen molar-refractivity contribution in [3.05, 3.63) is 0 Å². The van der Waals surface area contributed by atoms with Gasteiger partial charge in [0.15, 0.2) is 6.29 Å². The van der Waals surface area contributed by atoms with Crippen LogP contribution in [0.15, 0.2) is 0 Å². The number of hydrogen-bond donors (Lipinski definition) is 2. The Morgan fingerprint density at radius 2 is 2.00 bits per heavy atom. The number of rotatable bonds is 8. The first-order valence-corrected chi connectivity index (χ1v) is 6.83. The van der Waals surface area contributed by atoms with Gasteiger partial charge in [0.25, 0.3) is 0 Å². The van der Waals surface area contributed by atoms with E-state index in [-0.39, 0.29) is 11.7 Å². The Bertz CT molecular complexity index is 190. The zero-order chi connectivity index (χ0) is 12.6. The van der Waals surface area contributed by atoms with Crippen LogP contribution >= 0.6 is 0 Å². The molecule has 0 amide bonds. The Kier molecular flexibility index (Phi) is 7.04. The summed E-state index contributed by atoms with van der Waals surface area (Å²) >= 11 is 0. The third kappa shape index (κ3) is 5.82. The van der Waals surface area contributed by atoms with Gasteiger partial charge in [-0.1, -0.05) is 13.3 Å². The van der Waals surface area contributed by atoms with Crippen molar-refractivity contribution in [2.75, 3.05) is 26.3 Å². The third-order valence-electron chi connectivity index (χ3n) is 3.60. The van der Waals surface area contributed by atoms with Crippen LogP contribution in [-0.4, -0.2) is 32.6 Å². The molecule has 1 atom stereocenters. The lowest BCUT2D eigenvalue weighted by atomic mass is 9.85. The molecule has 1 fully saturated rings. The van der Waals surface area contributed by atoms with Gasteiger partial charge in [-0.15, -0.1) is 0 Å². The summed E-state index contributed by atoms with van der Waals surface area (Å²) in [6.45, 7) is 5.11. The molecule has 4 heteroatoms. The first-order chi connectivity index (χ1) is 8.20. The van der Waals surface area contributed by atoms with Crippen molar-refractivity contribution in [3.8, 4) is 0 Å². The number of nitrogens with two attached hydrogens (primary N) is 2. The van der Waals surface area contributed by atoms with E-state index in [0.29, 0.717) is 13.1 Å². The molecule has 1 heterocycles. The second kappa shape index (κ2) is 8.03. The van der Waals surface area contributed by atoms with E-state index in [2.05, 4.69) is 6.92 Å². The summed E-state index contributed by atoms with van der Waals surface area (Å²) in [6, 6.07) is 0. The molecule has 1 aliphatic heterocycles. The normalized spacial score (nSPS) is 21.7. The molecule has 1 rings (SSSR count). The van der Waals surface area contributed by atoms with E-state index in [4.69, 9.17) is 20.9 Å². The van der Waals surface area contributed by atoms with E-state index >= 15 is 0 Å². The minimum Gasteiger partial charge on any atom is -0.353 e. The monoisotopic (exact) mass is 244 g/mol. The van der Waals surface area contributed by atoms with E-state index in [1.54, 1.807) is 0 Å². The molecule has 0 bridgehead atoms. The molecular formula is C13H28N2O2. The van der Waals surface area contributed by atoms with Crippen molar-refractivity contribution >= 4 is 0 Å². The summed E-state index contributed by atoms with van der Waals surface area (Å²) in [4.78, 5) is 0. The smallest absolute Gasteiger partial charge is 0.157 e. The molecular weight excluding hydrogens is 216 g/mol. The Balaban J connectivity index is 2.00. The molecule has 102 valence electrons. The van der Waals surface area contributed by atoms with Crippen molar-refractivity contribution in [1.29, 1.82) is 0 Å². The summed E-state index contributed by atoms with van der Waals surface area (Å²) < 4.78 is 11.2. The molecule has 0 saturated carbocycles. The van der Waals surface area contributed by atoms with Crippen LogP contribution in [-0.2, 0) is 9.47 Å². The summed E-state index contributed by atoms with van der Waals surface area (Å²) in [7, 11) is 0. The van der Waals surface area contributed by atoms with Gasteiger partial charge in [-0.05, 0) is 50.6 Å². The van der Waals surface area contributed by atoms with Crippen LogP contribution in [0.1, 0.15) is 45.4 Å². The Labute approximate surface area is 105 Å². The van der Waals surface area contributed by atoms with Crippen LogP contribution in [0.5, 0.6) is 0 Å². The number of hydrogen-bond acceptors (Lipinski definition) is 4. The zero-order valence-electron chi connectivity index (χ0n) is 11.1. The average Bonchev–Trinajstić information content (AvgIpc) is 2.39. The fraction of sp³-hybridized carbons (Fsp3) is 1.00. The number of ether oxygens (including phenoxy) is 2. The van der Waals surface area contributed by atoms with Crippen LogP contribution in [0.2, 0.25) is 0 Å². The highest BCUT2D eigenvalue weighted by Crippen LogP contribution is 2.21. The highest BCUT2D eigenvalue weighted by atomic mass is 16.7. The van der Waals surface area contributed by atoms with Crippen LogP contribution in [0.4, 0.5) is 0 Å². The van der Waals surface area contributed by atoms with Gasteiger partial charge in [0.2, 0.25) is 0 Å². The highest BCUT2D eigenvalue weighted by Gasteiger charge is 2.19. The summed E-state index contributed by atoms with van der Waals surface area (Å²) in [6.07, 6.45) is 6.75. The molecule has 0 spiro atoms. The van der Waals surface area contributed by atoms with Gasteiger partial charge < -0.3 is 20.9 Å². The molecule has 0 aromatic heterocycles. The summed E-state index contributed by atoms with van der Waals surface area (Å²) in [5.74, 6) is 0. The maximum Gasteiger partial charge on any atom is 0.157 e. The average molecular weight is 244 g/mol. The molecule has 0 aromatic carbocycles. The van der Waals surface area contributed by atoms with E-state index in [9.17, 15) is 0 Å². The van der Waals surface area contributed by atoms with Gasteiger partial charge in [0.1, 0.15) is 0 Å². The van der Waals surface area contributed by atoms with Gasteiger partial charge in [-0.25, -0.2) is 0 Å². The van der Waals surface area contributed by atoms with Crippen molar-refractivity contribution in [3.63, 3.8) is 0 Å². The first-order valence-electron chi connectivity index (χ1n) is 6.83. The molecule has 1 unspecified atom stereocenters. The van der Waals surface area contributed by atoms with Gasteiger partial charge >= 0.3 is 0 Å². The first kappa shape index (κ1) is 14.9. The SMILES string of the molecule is CC(CN)(CN)CCCCOC1CCCCO1. The molecule has 0 radical (unpaired) electrons. The fourth-order valence-electron chi connectivity index (χ4n) is 2.00. The van der Waals surface area contributed by atoms with Gasteiger partial charge in [-0.2, -0.15) is 0 Å². The molecule has 1 aliphatic rings. The molecule has 4 nitrogen and oxygen atoms in total. The Morgan fingerprint density at radius 1 is 1.24 bits per heavy atom. The Hall–Kier alpha value is -0.160. The zero-order valence-corrected chi connectivity index (χ0v) is 11.1. The fourth-order valence-corrected chi connectivity index (χ4v) is 2.00. The van der Waals surface area contributed by atoms with Crippen LogP contribution in [0.25, 0.3) is 0 Å². The predicted molar refractivity (Wildman–Crippen MR) is 69.6 cm³/mol. The van der Waals surface area contributed by atoms with Gasteiger partial charge in [-0.3, -0.25) is 0 Å². The van der Waals surface area contributed by atoms with Crippen molar-refractivity contribution in [2.45, 2.75) is 51.7 Å². The van der Waals surface area contributed by atoms with Crippen LogP contribution in [0, 0.1) is 5.41 Å². The molecule has 0 aromatic rings. The highest BCUT2D eigenvalue weighted by molar-refractivity contribution is 4.75. The minimum atomic E-state index is 0.0409. The van der Waals surface area contributed by atoms with Gasteiger partial charge in [0.05, 0.1) is 0 Å². The Morgan fingerprint density at radius 3 is 2.59 bits per heavy atom. The molecule has 17 heavy (non-hydrogen) atoms. The van der Waals surface area contributed by atoms with Gasteiger partial charge in [0, 0.05) is 13.2 Å². The van der Waals surface area contributed by atoms with E-state index in [0.717, 1.165) is 38.9 Å². The predicted octanol–water partition coefficient (Wildman–Crippen LogP) is 1.62. The molecule has 4 N–H and O–H groups in total. The lowest BCUT2D eigenvalue weighted by molar-refractivity contribution is -0.162. The maximum absolute atomic E-state index is 5.72. The van der Waals surface area contributed by atoms with Crippen LogP contribution < -0.4 is 11.5 Å². The van der Waals surface area contributed by atoms with E-state index in [1.807, 2.05) is 0 Å². The lowest BCUT2D eigenvalue weighted by Gasteiger charge is -2.26. The number of unbranched alkanes of at least 4 members (excludes halogenated alkanes) is 1. The summed E-state index contributed by atoms with van der Waals surface area (Å²) in [5, 5.41) is 0. The molecule has 1 saturated heterocycles. The topological polar surface area (TPSA) is 70.5 Å². The second-order valence-corrected chi connectivity index (χ2v) is 5.34. The third-order valence-corrected chi connectivity index (χ3v) is 3.60. The quantitative estimate of drug-likeness (QED) is 0.637. The minimum absolute atomic E-state index is 0.0409. The van der Waals surface area contributed by atoms with Crippen molar-refractivity contribution in [2.24, 2.45) is 16.9 Å². The largest absolute Gasteiger partial charge is 0.353 e. The van der Waals surface area contributed by atoms with Crippen molar-refractivity contribution in [1.82, 2.24) is 0 Å². The van der Waals surface area contributed by atoms with Crippen molar-refractivity contribution < 1.29 is 9.47 Å². The lowest BCUT2D eigenvalue weighted by Crippen LogP contribution is -2.35. The van der Waals surface area contributed by atoms with Crippen LogP contribution in [0.3, 0.4) is 0 Å². The maximum atomic E-state index is 5.72. The second-order valence-electron chi connectivity index (χ2n) is 5.34.